The standard InChI is InChI=1S/C26H40O10/c1-15-16-7-10-25-12-36-26(23(29)33-6,18(25)11-19(28)32-5)22(35-14-31-4)20(34-13-30-3)21(25)24(16,2)9-8-17(15)27/h7,15,17-18,20-22,27H,8-14H2,1-6H3/t15-,17-,18+,20+,21+,22-,24-,25+,26-/m0/s1. The third-order valence-electron chi connectivity index (χ3n) is 9.38. The van der Waals surface area contributed by atoms with E-state index in [1.807, 2.05) is 0 Å². The molecule has 4 rings (SSSR count). The van der Waals surface area contributed by atoms with Crippen molar-refractivity contribution in [1.29, 1.82) is 0 Å². The number of hydrogen-bond donors (Lipinski definition) is 1. The van der Waals surface area contributed by atoms with Crippen LogP contribution in [-0.4, -0.2) is 89.6 Å². The number of fused-ring (bicyclic) bond motifs is 3. The molecule has 2 bridgehead atoms. The number of esters is 2. The van der Waals surface area contributed by atoms with Gasteiger partial charge in [-0.2, -0.15) is 0 Å². The monoisotopic (exact) mass is 512 g/mol. The SMILES string of the molecule is COCO[C@H]1[C@H](OCOC)[C@@]2(C(=O)OC)OC[C@]3(CC=C4[C@H](C)[C@@H](O)CC[C@]4(C)[C@@H]13)[C@H]2CC(=O)OC. The summed E-state index contributed by atoms with van der Waals surface area (Å²) in [5, 5.41) is 10.7. The van der Waals surface area contributed by atoms with E-state index in [0.29, 0.717) is 12.8 Å². The van der Waals surface area contributed by atoms with E-state index in [1.54, 1.807) is 0 Å². The molecule has 1 spiro atoms. The molecule has 0 radical (unpaired) electrons. The van der Waals surface area contributed by atoms with Crippen LogP contribution in [0.25, 0.3) is 0 Å². The van der Waals surface area contributed by atoms with Gasteiger partial charge < -0.3 is 38.3 Å². The molecule has 204 valence electrons. The summed E-state index contributed by atoms with van der Waals surface area (Å²) in [4.78, 5) is 26.4. The van der Waals surface area contributed by atoms with Gasteiger partial charge in [0.15, 0.2) is 5.60 Å². The van der Waals surface area contributed by atoms with Crippen molar-refractivity contribution in [2.24, 2.45) is 28.6 Å². The molecule has 1 N–H and O–H groups in total. The van der Waals surface area contributed by atoms with E-state index < -0.39 is 52.6 Å². The van der Waals surface area contributed by atoms with E-state index in [0.717, 1.165) is 6.42 Å². The van der Waals surface area contributed by atoms with Gasteiger partial charge in [0.2, 0.25) is 0 Å². The molecule has 0 amide bonds. The first-order chi connectivity index (χ1) is 17.2. The smallest absolute Gasteiger partial charge is 0.341 e. The minimum atomic E-state index is -1.60. The summed E-state index contributed by atoms with van der Waals surface area (Å²) in [5.74, 6) is -1.88. The van der Waals surface area contributed by atoms with Gasteiger partial charge in [0.05, 0.1) is 39.5 Å². The van der Waals surface area contributed by atoms with E-state index in [9.17, 15) is 14.7 Å². The highest BCUT2D eigenvalue weighted by atomic mass is 16.7. The van der Waals surface area contributed by atoms with Gasteiger partial charge in [-0.15, -0.1) is 0 Å². The van der Waals surface area contributed by atoms with Gasteiger partial charge in [0.1, 0.15) is 19.7 Å². The fraction of sp³-hybridized carbons (Fsp3) is 0.846. The molecule has 2 saturated carbocycles. The predicted molar refractivity (Wildman–Crippen MR) is 125 cm³/mol. The molecule has 0 aromatic rings. The maximum atomic E-state index is 13.6. The molecule has 36 heavy (non-hydrogen) atoms. The summed E-state index contributed by atoms with van der Waals surface area (Å²) < 4.78 is 40.0. The maximum absolute atomic E-state index is 13.6. The minimum absolute atomic E-state index is 0.0175. The topological polar surface area (TPSA) is 119 Å². The van der Waals surface area contributed by atoms with Gasteiger partial charge in [-0.05, 0) is 24.7 Å². The van der Waals surface area contributed by atoms with Gasteiger partial charge in [-0.3, -0.25) is 4.79 Å². The van der Waals surface area contributed by atoms with Crippen LogP contribution in [-0.2, 0) is 42.7 Å². The van der Waals surface area contributed by atoms with E-state index in [-0.39, 0.29) is 38.4 Å². The molecule has 0 aromatic heterocycles. The number of methoxy groups -OCH3 is 4. The summed E-state index contributed by atoms with van der Waals surface area (Å²) in [5.41, 5.74) is -1.46. The summed E-state index contributed by atoms with van der Waals surface area (Å²) in [7, 11) is 5.67. The lowest BCUT2D eigenvalue weighted by molar-refractivity contribution is -0.271. The second-order valence-corrected chi connectivity index (χ2v) is 10.8. The Hall–Kier alpha value is -1.56. The fourth-order valence-electron chi connectivity index (χ4n) is 7.94. The maximum Gasteiger partial charge on any atom is 0.341 e. The lowest BCUT2D eigenvalue weighted by atomic mass is 9.41. The summed E-state index contributed by atoms with van der Waals surface area (Å²) in [6.45, 7) is 4.34. The Kier molecular flexibility index (Phi) is 7.86. The van der Waals surface area contributed by atoms with Crippen molar-refractivity contribution < 1.29 is 47.9 Å². The Balaban J connectivity index is 1.96. The van der Waals surface area contributed by atoms with Crippen LogP contribution in [0.3, 0.4) is 0 Å². The van der Waals surface area contributed by atoms with E-state index in [2.05, 4.69) is 19.9 Å². The third-order valence-corrected chi connectivity index (χ3v) is 9.38. The molecule has 1 heterocycles. The van der Waals surface area contributed by atoms with Gasteiger partial charge in [-0.25, -0.2) is 4.79 Å². The Labute approximate surface area is 212 Å². The number of rotatable bonds is 9. The molecule has 3 fully saturated rings. The van der Waals surface area contributed by atoms with E-state index in [1.165, 1.54) is 34.0 Å². The first kappa shape index (κ1) is 27.5. The van der Waals surface area contributed by atoms with Crippen molar-refractivity contribution in [3.63, 3.8) is 0 Å². The van der Waals surface area contributed by atoms with Crippen LogP contribution < -0.4 is 0 Å². The highest BCUT2D eigenvalue weighted by Crippen LogP contribution is 2.70. The lowest BCUT2D eigenvalue weighted by Crippen LogP contribution is -2.72. The number of carbonyl (C=O) groups is 2. The molecule has 0 aromatic carbocycles. The summed E-state index contributed by atoms with van der Waals surface area (Å²) in [6, 6.07) is 0. The van der Waals surface area contributed by atoms with Crippen LogP contribution in [0.15, 0.2) is 11.6 Å². The Bertz CT molecular complexity index is 875. The highest BCUT2D eigenvalue weighted by molar-refractivity contribution is 5.84. The number of hydrogen-bond acceptors (Lipinski definition) is 10. The second-order valence-electron chi connectivity index (χ2n) is 10.8. The fourth-order valence-corrected chi connectivity index (χ4v) is 7.94. The molecular formula is C26H40O10. The van der Waals surface area contributed by atoms with Crippen molar-refractivity contribution in [3.05, 3.63) is 11.6 Å². The zero-order chi connectivity index (χ0) is 26.3. The average molecular weight is 513 g/mol. The van der Waals surface area contributed by atoms with E-state index >= 15 is 0 Å². The van der Waals surface area contributed by atoms with Crippen LogP contribution in [0.2, 0.25) is 0 Å². The zero-order valence-electron chi connectivity index (χ0n) is 22.1. The number of allylic oxidation sites excluding steroid dienone is 1. The largest absolute Gasteiger partial charge is 0.469 e. The molecule has 4 aliphatic rings. The second kappa shape index (κ2) is 10.3. The van der Waals surface area contributed by atoms with Crippen molar-refractivity contribution in [2.45, 2.75) is 63.4 Å². The predicted octanol–water partition coefficient (Wildman–Crippen LogP) is 1.83. The first-order valence-electron chi connectivity index (χ1n) is 12.6. The minimum Gasteiger partial charge on any atom is -0.469 e. The normalized spacial score (nSPS) is 43.2. The first-order valence-corrected chi connectivity index (χ1v) is 12.6. The summed E-state index contributed by atoms with van der Waals surface area (Å²) in [6.07, 6.45) is 2.06. The van der Waals surface area contributed by atoms with Crippen molar-refractivity contribution in [2.75, 3.05) is 48.6 Å². The van der Waals surface area contributed by atoms with Crippen LogP contribution in [0.1, 0.15) is 39.5 Å². The van der Waals surface area contributed by atoms with Gasteiger partial charge in [-0.1, -0.05) is 25.5 Å². The Morgan fingerprint density at radius 3 is 2.44 bits per heavy atom. The van der Waals surface area contributed by atoms with Crippen molar-refractivity contribution in [1.82, 2.24) is 0 Å². The molecule has 1 aliphatic heterocycles. The lowest BCUT2D eigenvalue weighted by Gasteiger charge is -2.63. The van der Waals surface area contributed by atoms with Crippen molar-refractivity contribution in [3.8, 4) is 0 Å². The molecule has 10 nitrogen and oxygen atoms in total. The molecule has 1 saturated heterocycles. The Morgan fingerprint density at radius 1 is 1.11 bits per heavy atom. The average Bonchev–Trinajstić information content (AvgIpc) is 3.10. The molecule has 9 atom stereocenters. The van der Waals surface area contributed by atoms with Gasteiger partial charge in [0.25, 0.3) is 0 Å². The van der Waals surface area contributed by atoms with Crippen LogP contribution in [0.4, 0.5) is 0 Å². The number of aliphatic hydroxyl groups excluding tert-OH is 1. The molecular weight excluding hydrogens is 472 g/mol. The zero-order valence-corrected chi connectivity index (χ0v) is 22.1. The van der Waals surface area contributed by atoms with Crippen LogP contribution >= 0.6 is 0 Å². The summed E-state index contributed by atoms with van der Waals surface area (Å²) >= 11 is 0. The highest BCUT2D eigenvalue weighted by Gasteiger charge is 2.78. The third kappa shape index (κ3) is 3.84. The molecule has 3 aliphatic carbocycles. The quantitative estimate of drug-likeness (QED) is 0.278. The molecule has 10 heteroatoms. The number of ether oxygens (including phenoxy) is 7. The number of aliphatic hydroxyl groups is 1. The Morgan fingerprint density at radius 2 is 1.81 bits per heavy atom. The van der Waals surface area contributed by atoms with Gasteiger partial charge >= 0.3 is 11.9 Å². The van der Waals surface area contributed by atoms with Crippen molar-refractivity contribution >= 4 is 11.9 Å². The van der Waals surface area contributed by atoms with Crippen LogP contribution in [0.5, 0.6) is 0 Å². The van der Waals surface area contributed by atoms with Gasteiger partial charge in [0, 0.05) is 37.4 Å². The van der Waals surface area contributed by atoms with E-state index in [4.69, 9.17) is 33.2 Å². The molecule has 0 unspecified atom stereocenters. The van der Waals surface area contributed by atoms with Crippen LogP contribution in [0, 0.1) is 28.6 Å². The number of carbonyl (C=O) groups excluding carboxylic acids is 2.